The Labute approximate surface area is 491 Å². The van der Waals surface area contributed by atoms with Gasteiger partial charge < -0.3 is 40.6 Å². The number of carbonyl (C=O) groups is 4. The lowest BCUT2D eigenvalue weighted by Gasteiger charge is -2.46. The summed E-state index contributed by atoms with van der Waals surface area (Å²) in [5.74, 6) is -0.781. The van der Waals surface area contributed by atoms with Crippen LogP contribution < -0.4 is 32.5 Å². The minimum Gasteiger partial charge on any atom is -0.443 e. The number of carbonyl (C=O) groups excluding carboxylic acids is 4. The predicted molar refractivity (Wildman–Crippen MR) is 294 cm³/mol. The number of nitrogens with two attached hydrogens (primary N) is 1. The predicted octanol–water partition coefficient (Wildman–Crippen LogP) is 13.1. The highest BCUT2D eigenvalue weighted by Crippen LogP contribution is 2.47. The third kappa shape index (κ3) is 19.2. The van der Waals surface area contributed by atoms with E-state index in [1.807, 2.05) is 42.5 Å². The number of urea groups is 1. The second kappa shape index (κ2) is 28.5. The zero-order chi connectivity index (χ0) is 64.2. The largest absolute Gasteiger partial charge is 0.443 e. The van der Waals surface area contributed by atoms with Crippen LogP contribution in [-0.2, 0) is 64.1 Å². The fourth-order valence-corrected chi connectivity index (χ4v) is 10.4. The molecule has 14 nitrogen and oxygen atoms in total. The van der Waals surface area contributed by atoms with Gasteiger partial charge in [-0.1, -0.05) is 60.7 Å². The van der Waals surface area contributed by atoms with Crippen molar-refractivity contribution in [2.24, 2.45) is 5.73 Å². The van der Waals surface area contributed by atoms with Gasteiger partial charge in [0, 0.05) is 38.1 Å². The number of nitrogens with one attached hydrogen (secondary N) is 5. The van der Waals surface area contributed by atoms with Gasteiger partial charge in [0.25, 0.3) is 0 Å². The summed E-state index contributed by atoms with van der Waals surface area (Å²) >= 11 is 0. The lowest BCUT2D eigenvalue weighted by molar-refractivity contribution is -0.145. The molecule has 1 heterocycles. The first kappa shape index (κ1) is 70.1. The summed E-state index contributed by atoms with van der Waals surface area (Å²) in [5.41, 5.74) is 1.40. The molecule has 7 N–H and O–H groups in total. The number of alkyl halides is 12. The molecule has 4 aromatic carbocycles. The molecule has 1 aliphatic heterocycles. The molecule has 0 spiro atoms. The van der Waals surface area contributed by atoms with Crippen LogP contribution in [-0.4, -0.2) is 81.1 Å². The molecular formula is C60H74F12N6O8. The highest BCUT2D eigenvalue weighted by Gasteiger charge is 2.50. The normalized spacial score (nSPS) is 22.5. The third-order valence-corrected chi connectivity index (χ3v) is 15.5. The Kier molecular flexibility index (Phi) is 23.2. The molecule has 2 aliphatic carbocycles. The third-order valence-electron chi connectivity index (χ3n) is 15.5. The van der Waals surface area contributed by atoms with Crippen molar-refractivity contribution in [1.82, 2.24) is 26.8 Å². The van der Waals surface area contributed by atoms with E-state index in [1.54, 1.807) is 39.0 Å². The van der Waals surface area contributed by atoms with Crippen LogP contribution in [0, 0.1) is 0 Å². The van der Waals surface area contributed by atoms with Gasteiger partial charge in [-0.25, -0.2) is 20.4 Å². The first-order valence-corrected chi connectivity index (χ1v) is 27.7. The summed E-state index contributed by atoms with van der Waals surface area (Å²) in [4.78, 5) is 50.1. The van der Waals surface area contributed by atoms with Crippen molar-refractivity contribution in [3.8, 4) is 0 Å². The molecule has 26 heteroatoms. The van der Waals surface area contributed by atoms with Crippen molar-refractivity contribution in [2.45, 2.75) is 163 Å². The van der Waals surface area contributed by atoms with Crippen LogP contribution in [0.25, 0.3) is 0 Å². The molecule has 0 aromatic heterocycles. The molecule has 476 valence electrons. The molecule has 3 aliphatic rings. The molecule has 2 atom stereocenters. The van der Waals surface area contributed by atoms with E-state index in [-0.39, 0.29) is 68.1 Å². The number of halogens is 12. The number of ether oxygens (including phenoxy) is 4. The van der Waals surface area contributed by atoms with Gasteiger partial charge in [-0.3, -0.25) is 9.59 Å². The number of likely N-dealkylation sites (N-methyl/N-ethyl adjacent to an activating group) is 2. The molecule has 2 saturated carbocycles. The maximum Gasteiger partial charge on any atom is 0.426 e. The quantitative estimate of drug-likeness (QED) is 0.0558. The fraction of sp³-hybridized carbons (Fsp3) is 0.533. The molecule has 0 radical (unpaired) electrons. The maximum atomic E-state index is 13.5. The van der Waals surface area contributed by atoms with Crippen LogP contribution in [0.15, 0.2) is 97.1 Å². The molecule has 1 saturated heterocycles. The Balaban J connectivity index is 0.000000298. The number of hydrogen-bond donors (Lipinski definition) is 6. The smallest absolute Gasteiger partial charge is 0.426 e. The highest BCUT2D eigenvalue weighted by atomic mass is 19.4. The average molecular weight is 1240 g/mol. The van der Waals surface area contributed by atoms with Crippen LogP contribution in [0.5, 0.6) is 0 Å². The summed E-state index contributed by atoms with van der Waals surface area (Å²) in [6.07, 6.45) is -18.2. The zero-order valence-electron chi connectivity index (χ0n) is 48.7. The number of hydrogen-bond acceptors (Lipinski definition) is 9. The van der Waals surface area contributed by atoms with E-state index in [9.17, 15) is 71.9 Å². The van der Waals surface area contributed by atoms with Crippen molar-refractivity contribution in [3.05, 3.63) is 142 Å². The second-order valence-corrected chi connectivity index (χ2v) is 22.8. The first-order valence-electron chi connectivity index (χ1n) is 27.7. The van der Waals surface area contributed by atoms with E-state index in [0.29, 0.717) is 49.9 Å². The van der Waals surface area contributed by atoms with Gasteiger partial charge >= 0.3 is 36.8 Å². The number of benzene rings is 4. The Morgan fingerprint density at radius 1 is 0.535 bits per heavy atom. The Morgan fingerprint density at radius 3 is 1.21 bits per heavy atom. The molecule has 4 aromatic rings. The van der Waals surface area contributed by atoms with Crippen molar-refractivity contribution in [1.29, 1.82) is 0 Å². The second-order valence-electron chi connectivity index (χ2n) is 22.8. The van der Waals surface area contributed by atoms with Crippen LogP contribution in [0.2, 0.25) is 0 Å². The van der Waals surface area contributed by atoms with Crippen LogP contribution in [0.4, 0.5) is 62.3 Å². The van der Waals surface area contributed by atoms with E-state index in [1.165, 1.54) is 40.8 Å². The topological polar surface area (TPSA) is 191 Å². The minimum atomic E-state index is -5.00. The fourth-order valence-electron chi connectivity index (χ4n) is 10.4. The van der Waals surface area contributed by atoms with E-state index in [0.717, 1.165) is 24.3 Å². The molecule has 86 heavy (non-hydrogen) atoms. The summed E-state index contributed by atoms with van der Waals surface area (Å²) in [6.45, 7) is 9.64. The highest BCUT2D eigenvalue weighted by molar-refractivity contribution is 5.91. The minimum absolute atomic E-state index is 0.0413. The maximum absolute atomic E-state index is 13.5. The van der Waals surface area contributed by atoms with Crippen molar-refractivity contribution >= 4 is 23.9 Å². The average Bonchev–Trinajstić information content (AvgIpc) is 1.54. The molecule has 7 rings (SSSR count). The number of hydrazine groups is 1. The van der Waals surface area contributed by atoms with Gasteiger partial charge in [-0.05, 0) is 157 Å². The Morgan fingerprint density at radius 2 is 0.895 bits per heavy atom. The summed E-state index contributed by atoms with van der Waals surface area (Å²) < 4.78 is 182. The molecule has 5 amide bonds. The zero-order valence-corrected chi connectivity index (χ0v) is 48.7. The van der Waals surface area contributed by atoms with E-state index in [4.69, 9.17) is 24.7 Å². The van der Waals surface area contributed by atoms with Crippen LogP contribution >= 0.6 is 0 Å². The molecular weight excluding hydrogens is 1160 g/mol. The number of amides is 5. The van der Waals surface area contributed by atoms with E-state index >= 15 is 0 Å². The van der Waals surface area contributed by atoms with Crippen molar-refractivity contribution < 1.29 is 90.8 Å². The summed E-state index contributed by atoms with van der Waals surface area (Å²) in [5, 5.41) is 7.75. The lowest BCUT2D eigenvalue weighted by Crippen LogP contribution is -2.64. The Hall–Kier alpha value is -6.64. The van der Waals surface area contributed by atoms with Gasteiger partial charge in [0.05, 0.1) is 53.2 Å². The summed E-state index contributed by atoms with van der Waals surface area (Å²) in [6, 6.07) is 20.2. The molecule has 3 fully saturated rings. The first-order chi connectivity index (χ1) is 39.9. The van der Waals surface area contributed by atoms with Crippen molar-refractivity contribution in [3.63, 3.8) is 0 Å². The SMILES string of the molecule is C1CCOC1.CNC(=O)C1(N)CCC(CO[C@H](C)c2cc(C(F)(F)F)cc(C(F)(F)F)c2)(c2ccccc2)CC1.CNC(=O)C1(NC(=O)NNC(=O)OC(C)(C)C)CCC(CO[C@H](C)c2cc(C(F)(F)F)cc(C(F)(F)F)c2)(c2ccccc2)CC1. The van der Waals surface area contributed by atoms with Crippen LogP contribution in [0.3, 0.4) is 0 Å². The molecule has 0 unspecified atom stereocenters. The van der Waals surface area contributed by atoms with Gasteiger partial charge in [0.15, 0.2) is 0 Å². The van der Waals surface area contributed by atoms with Gasteiger partial charge in [-0.2, -0.15) is 52.7 Å². The van der Waals surface area contributed by atoms with E-state index < -0.39 is 105 Å². The van der Waals surface area contributed by atoms with Gasteiger partial charge in [0.1, 0.15) is 11.1 Å². The van der Waals surface area contributed by atoms with E-state index in [2.05, 4.69) is 26.8 Å². The summed E-state index contributed by atoms with van der Waals surface area (Å²) in [7, 11) is 2.90. The Bertz CT molecular complexity index is 2810. The standard InChI is InChI=1S/C31H38F6N4O5.C25H28F6N2O2.C4H8O/c1-19(20-15-22(30(32,33)34)17-23(16-20)31(35,36)37)45-18-28(21-9-7-6-8-10-21)11-13-29(14-12-28,24(42)38-5)39-25(43)40-41-26(44)46-27(2,3)4;1-16(17-12-19(24(26,27)28)14-20(13-17)25(29,30)31)35-15-22(18-6-4-3-5-7-18)8-10-23(32,11-9-22)21(34)33-2;1-2-4-5-3-1/h6-10,15-17,19H,11-14,18H2,1-5H3,(H,38,42)(H,41,44)(H2,39,40,43);3-7,12-14,16H,8-11,15,32H2,1-2H3,(H,33,34);1-4H2/t19-,28?,29?;16-,22?,23?;/m11./s1. The van der Waals surface area contributed by atoms with Crippen LogP contribution in [0.1, 0.15) is 156 Å². The number of rotatable bonds is 13. The van der Waals surface area contributed by atoms with Gasteiger partial charge in [0.2, 0.25) is 11.8 Å². The molecule has 0 bridgehead atoms. The lowest BCUT2D eigenvalue weighted by atomic mass is 9.64. The van der Waals surface area contributed by atoms with Crippen molar-refractivity contribution in [2.75, 3.05) is 40.5 Å². The van der Waals surface area contributed by atoms with Gasteiger partial charge in [-0.15, -0.1) is 0 Å². The monoisotopic (exact) mass is 1230 g/mol.